The predicted octanol–water partition coefficient (Wildman–Crippen LogP) is 4.94. The van der Waals surface area contributed by atoms with E-state index in [0.29, 0.717) is 5.56 Å². The summed E-state index contributed by atoms with van der Waals surface area (Å²) in [6.45, 7) is 2.69. The Morgan fingerprint density at radius 3 is 2.66 bits per heavy atom. The van der Waals surface area contributed by atoms with Crippen LogP contribution in [-0.2, 0) is 13.0 Å². The van der Waals surface area contributed by atoms with E-state index in [9.17, 15) is 18.0 Å². The van der Waals surface area contributed by atoms with Crippen molar-refractivity contribution in [2.75, 3.05) is 12.4 Å². The monoisotopic (exact) mass is 429 g/mol. The first-order chi connectivity index (χ1) is 13.8. The highest BCUT2D eigenvalue weighted by Gasteiger charge is 2.28. The number of halogens is 3. The van der Waals surface area contributed by atoms with Crippen molar-refractivity contribution in [1.82, 2.24) is 10.3 Å². The van der Waals surface area contributed by atoms with E-state index < -0.39 is 18.8 Å². The number of ether oxygens (including phenoxy) is 1. The van der Waals surface area contributed by atoms with Crippen LogP contribution in [0.2, 0.25) is 0 Å². The molecule has 0 spiro atoms. The molecule has 2 amide bonds. The first-order valence-corrected chi connectivity index (χ1v) is 10.2. The summed E-state index contributed by atoms with van der Waals surface area (Å²) in [6.07, 6.45) is -0.502. The largest absolute Gasteiger partial charge is 0.468 e. The molecule has 1 aliphatic rings. The van der Waals surface area contributed by atoms with E-state index in [4.69, 9.17) is 5.73 Å². The Labute approximate surface area is 173 Å². The molecule has 1 aromatic carbocycles. The highest BCUT2D eigenvalue weighted by molar-refractivity contribution is 7.99. The van der Waals surface area contributed by atoms with Crippen molar-refractivity contribution in [3.05, 3.63) is 53.7 Å². The van der Waals surface area contributed by atoms with Crippen LogP contribution in [0.3, 0.4) is 0 Å². The van der Waals surface area contributed by atoms with Gasteiger partial charge in [-0.15, -0.1) is 11.8 Å². The second-order valence-corrected chi connectivity index (χ2v) is 6.82. The van der Waals surface area contributed by atoms with Crippen molar-refractivity contribution < 1.29 is 22.7 Å². The molecule has 0 saturated carbocycles. The molecular formula is C20H26F3N3O2S. The zero-order valence-corrected chi connectivity index (χ0v) is 17.3. The van der Waals surface area contributed by atoms with Crippen molar-refractivity contribution in [2.24, 2.45) is 5.73 Å². The first kappa shape index (κ1) is 24.6. The minimum atomic E-state index is -4.41. The van der Waals surface area contributed by atoms with Gasteiger partial charge >= 0.3 is 12.2 Å². The molecule has 1 aromatic heterocycles. The maximum Gasteiger partial charge on any atom is 0.422 e. The molecule has 3 N–H and O–H groups in total. The number of rotatable bonds is 4. The van der Waals surface area contributed by atoms with E-state index in [1.165, 1.54) is 41.8 Å². The molecule has 2 aromatic rings. The van der Waals surface area contributed by atoms with E-state index in [2.05, 4.69) is 39.3 Å². The Kier molecular flexibility index (Phi) is 11.0. The van der Waals surface area contributed by atoms with Gasteiger partial charge < -0.3 is 15.8 Å². The number of thioether (sulfide) groups is 1. The fourth-order valence-electron chi connectivity index (χ4n) is 2.28. The summed E-state index contributed by atoms with van der Waals surface area (Å²) in [5.74, 6) is 1.14. The van der Waals surface area contributed by atoms with Gasteiger partial charge in [0.25, 0.3) is 0 Å². The number of fused-ring (bicyclic) bond motifs is 1. The Bertz CT molecular complexity index is 733. The standard InChI is InChI=1S/C9H10F3N3O2.C9H10S.C2H6/c10-9(11,12)5-17-7-3-6(1-2-14-7)4-15-8(13)16;1-2-6-9-8(4-1)5-3-7-10-9;1-2/h1-3H,4-5H2,(H3,13,15,16);1-2,4,6H,3,5,7H2;1-2H3. The van der Waals surface area contributed by atoms with Crippen LogP contribution in [0.1, 0.15) is 31.4 Å². The minimum Gasteiger partial charge on any atom is -0.468 e. The summed E-state index contributed by atoms with van der Waals surface area (Å²) in [5, 5.41) is 2.29. The van der Waals surface area contributed by atoms with Gasteiger partial charge in [0.15, 0.2) is 6.61 Å². The van der Waals surface area contributed by atoms with Crippen molar-refractivity contribution in [3.63, 3.8) is 0 Å². The van der Waals surface area contributed by atoms with Gasteiger partial charge in [-0.1, -0.05) is 32.0 Å². The number of pyridine rings is 1. The summed E-state index contributed by atoms with van der Waals surface area (Å²) in [6, 6.07) is 10.8. The van der Waals surface area contributed by atoms with Crippen LogP contribution in [0.25, 0.3) is 0 Å². The molecule has 1 aliphatic heterocycles. The van der Waals surface area contributed by atoms with E-state index >= 15 is 0 Å². The fraction of sp³-hybridized carbons (Fsp3) is 0.400. The van der Waals surface area contributed by atoms with Crippen LogP contribution < -0.4 is 15.8 Å². The molecular weight excluding hydrogens is 403 g/mol. The lowest BCUT2D eigenvalue weighted by atomic mass is 10.1. The SMILES string of the molecule is CC.NC(=O)NCc1ccnc(OCC(F)(F)F)c1.c1ccc2c(c1)CCCS2. The lowest BCUT2D eigenvalue weighted by molar-refractivity contribution is -0.154. The van der Waals surface area contributed by atoms with Crippen LogP contribution in [-0.4, -0.2) is 29.6 Å². The van der Waals surface area contributed by atoms with Gasteiger partial charge in [0, 0.05) is 23.7 Å². The maximum absolute atomic E-state index is 11.9. The van der Waals surface area contributed by atoms with Crippen molar-refractivity contribution >= 4 is 17.8 Å². The third-order valence-corrected chi connectivity index (χ3v) is 4.67. The topological polar surface area (TPSA) is 77.2 Å². The molecule has 0 aliphatic carbocycles. The number of aryl methyl sites for hydroxylation is 1. The summed E-state index contributed by atoms with van der Waals surface area (Å²) in [5.41, 5.74) is 6.93. The number of benzene rings is 1. The Morgan fingerprint density at radius 2 is 2.00 bits per heavy atom. The first-order valence-electron chi connectivity index (χ1n) is 9.22. The lowest BCUT2D eigenvalue weighted by Crippen LogP contribution is -2.28. The normalized spacial score (nSPS) is 12.3. The summed E-state index contributed by atoms with van der Waals surface area (Å²) in [4.78, 5) is 15.5. The van der Waals surface area contributed by atoms with Crippen LogP contribution in [0.4, 0.5) is 18.0 Å². The van der Waals surface area contributed by atoms with Gasteiger partial charge in [-0.05, 0) is 41.9 Å². The predicted molar refractivity (Wildman–Crippen MR) is 109 cm³/mol. The van der Waals surface area contributed by atoms with Gasteiger partial charge in [0.05, 0.1) is 0 Å². The quantitative estimate of drug-likeness (QED) is 0.722. The zero-order chi connectivity index (χ0) is 21.7. The number of alkyl halides is 3. The number of aromatic nitrogens is 1. The van der Waals surface area contributed by atoms with Gasteiger partial charge in [-0.3, -0.25) is 0 Å². The Balaban J connectivity index is 0.000000295. The van der Waals surface area contributed by atoms with Crippen molar-refractivity contribution in [2.45, 2.75) is 44.3 Å². The van der Waals surface area contributed by atoms with Crippen molar-refractivity contribution in [1.29, 1.82) is 0 Å². The molecule has 0 saturated heterocycles. The summed E-state index contributed by atoms with van der Waals surface area (Å²) in [7, 11) is 0. The fourth-order valence-corrected chi connectivity index (χ4v) is 3.32. The van der Waals surface area contributed by atoms with Crippen LogP contribution >= 0.6 is 11.8 Å². The third kappa shape index (κ3) is 10.6. The second kappa shape index (κ2) is 12.9. The molecule has 5 nitrogen and oxygen atoms in total. The number of nitrogens with two attached hydrogens (primary N) is 1. The van der Waals surface area contributed by atoms with Crippen LogP contribution in [0.5, 0.6) is 5.88 Å². The second-order valence-electron chi connectivity index (χ2n) is 5.68. The van der Waals surface area contributed by atoms with Crippen LogP contribution in [0, 0.1) is 0 Å². The zero-order valence-electron chi connectivity index (χ0n) is 16.5. The van der Waals surface area contributed by atoms with Gasteiger partial charge in [0.2, 0.25) is 5.88 Å². The summed E-state index contributed by atoms with van der Waals surface area (Å²) >= 11 is 1.99. The maximum atomic E-state index is 11.9. The van der Waals surface area contributed by atoms with Gasteiger partial charge in [0.1, 0.15) is 0 Å². The number of carbonyl (C=O) groups excluding carboxylic acids is 1. The van der Waals surface area contributed by atoms with Gasteiger partial charge in [-0.2, -0.15) is 13.2 Å². The highest BCUT2D eigenvalue weighted by Crippen LogP contribution is 2.28. The number of amides is 2. The molecule has 0 fully saturated rings. The number of hydrogen-bond donors (Lipinski definition) is 2. The smallest absolute Gasteiger partial charge is 0.422 e. The molecule has 160 valence electrons. The Hall–Kier alpha value is -2.42. The molecule has 2 heterocycles. The summed E-state index contributed by atoms with van der Waals surface area (Å²) < 4.78 is 40.0. The lowest BCUT2D eigenvalue weighted by Gasteiger charge is -2.13. The molecule has 0 radical (unpaired) electrons. The highest BCUT2D eigenvalue weighted by atomic mass is 32.2. The van der Waals surface area contributed by atoms with E-state index in [1.807, 2.05) is 25.6 Å². The number of carbonyl (C=O) groups is 1. The van der Waals surface area contributed by atoms with E-state index in [1.54, 1.807) is 5.56 Å². The average Bonchev–Trinajstić information content (AvgIpc) is 2.73. The molecule has 9 heteroatoms. The minimum absolute atomic E-state index is 0.0975. The van der Waals surface area contributed by atoms with Crippen molar-refractivity contribution in [3.8, 4) is 5.88 Å². The third-order valence-electron chi connectivity index (χ3n) is 3.47. The molecule has 0 bridgehead atoms. The number of primary amides is 1. The molecule has 3 rings (SSSR count). The number of hydrogen-bond acceptors (Lipinski definition) is 4. The van der Waals surface area contributed by atoms with E-state index in [-0.39, 0.29) is 12.4 Å². The number of nitrogens with one attached hydrogen (secondary N) is 1. The average molecular weight is 430 g/mol. The Morgan fingerprint density at radius 1 is 1.28 bits per heavy atom. The van der Waals surface area contributed by atoms with E-state index in [0.717, 1.165) is 0 Å². The molecule has 0 atom stereocenters. The number of urea groups is 1. The van der Waals surface area contributed by atoms with Crippen LogP contribution in [0.15, 0.2) is 47.5 Å². The molecule has 29 heavy (non-hydrogen) atoms. The number of nitrogens with zero attached hydrogens (tertiary/aromatic N) is 1. The van der Waals surface area contributed by atoms with Gasteiger partial charge in [-0.25, -0.2) is 9.78 Å². The molecule has 0 unspecified atom stereocenters.